The minimum absolute atomic E-state index is 0.0132. The van der Waals surface area contributed by atoms with Gasteiger partial charge in [0, 0.05) is 25.5 Å². The molecule has 22 heavy (non-hydrogen) atoms. The Morgan fingerprint density at radius 3 is 2.59 bits per heavy atom. The van der Waals surface area contributed by atoms with Crippen LogP contribution in [-0.4, -0.2) is 24.8 Å². The van der Waals surface area contributed by atoms with Gasteiger partial charge in [0.05, 0.1) is 0 Å². The molecular weight excluding hydrogens is 292 g/mol. The normalized spacial score (nSPS) is 16.9. The molecule has 0 bridgehead atoms. The Labute approximate surface area is 137 Å². The Hall–Kier alpha value is -1.80. The fourth-order valence-electron chi connectivity index (χ4n) is 2.94. The van der Waals surface area contributed by atoms with Crippen molar-refractivity contribution in [2.45, 2.75) is 25.8 Å². The summed E-state index contributed by atoms with van der Waals surface area (Å²) in [5.74, 6) is 1.10. The van der Waals surface area contributed by atoms with E-state index in [0.717, 1.165) is 29.3 Å². The number of benzene rings is 2. The lowest BCUT2D eigenvalue weighted by Gasteiger charge is -2.28. The predicted molar refractivity (Wildman–Crippen MR) is 93.9 cm³/mol. The first-order chi connectivity index (χ1) is 10.6. The molecule has 2 aromatic rings. The van der Waals surface area contributed by atoms with E-state index in [-0.39, 0.29) is 6.04 Å². The van der Waals surface area contributed by atoms with Crippen LogP contribution < -0.4 is 0 Å². The van der Waals surface area contributed by atoms with Crippen LogP contribution in [0.5, 0.6) is 0 Å². The van der Waals surface area contributed by atoms with Crippen molar-refractivity contribution in [1.29, 1.82) is 0 Å². The number of nitrogens with zero attached hydrogens (tertiary/aromatic N) is 2. The molecule has 3 heteroatoms. The molecule has 0 aliphatic carbocycles. The number of hydrogen-bond donors (Lipinski definition) is 0. The Morgan fingerprint density at radius 2 is 1.91 bits per heavy atom. The van der Waals surface area contributed by atoms with Crippen LogP contribution in [0, 0.1) is 0 Å². The van der Waals surface area contributed by atoms with Crippen LogP contribution in [-0.2, 0) is 12.8 Å². The number of fused-ring (bicyclic) bond motifs is 1. The molecule has 1 heterocycles. The Balaban J connectivity index is 2.14. The second-order valence-corrected chi connectivity index (χ2v) is 6.33. The van der Waals surface area contributed by atoms with E-state index >= 15 is 0 Å². The monoisotopic (exact) mass is 312 g/mol. The van der Waals surface area contributed by atoms with E-state index in [4.69, 9.17) is 16.6 Å². The van der Waals surface area contributed by atoms with Crippen molar-refractivity contribution >= 4 is 17.4 Å². The van der Waals surface area contributed by atoms with E-state index in [9.17, 15) is 0 Å². The molecule has 2 aromatic carbocycles. The third-order valence-electron chi connectivity index (χ3n) is 4.25. The van der Waals surface area contributed by atoms with Gasteiger partial charge in [-0.05, 0) is 34.7 Å². The van der Waals surface area contributed by atoms with Crippen LogP contribution in [0.4, 0.5) is 0 Å². The van der Waals surface area contributed by atoms with Gasteiger partial charge in [0.15, 0.2) is 0 Å². The largest absolute Gasteiger partial charge is 0.366 e. The maximum absolute atomic E-state index is 6.43. The van der Waals surface area contributed by atoms with Crippen LogP contribution in [0.15, 0.2) is 47.5 Å². The highest BCUT2D eigenvalue weighted by atomic mass is 35.5. The summed E-state index contributed by atoms with van der Waals surface area (Å²) >= 11 is 6.43. The zero-order valence-electron chi connectivity index (χ0n) is 13.3. The maximum Gasteiger partial charge on any atom is 0.104 e. The summed E-state index contributed by atoms with van der Waals surface area (Å²) in [5.41, 5.74) is 5.09. The van der Waals surface area contributed by atoms with Crippen LogP contribution in [0.1, 0.15) is 35.2 Å². The van der Waals surface area contributed by atoms with Crippen LogP contribution in [0.3, 0.4) is 0 Å². The molecule has 1 aliphatic rings. The molecule has 2 nitrogen and oxygen atoms in total. The molecule has 0 spiro atoms. The predicted octanol–water partition coefficient (Wildman–Crippen LogP) is 4.51. The first kappa shape index (κ1) is 15.1. The smallest absolute Gasteiger partial charge is 0.104 e. The van der Waals surface area contributed by atoms with Crippen LogP contribution >= 0.6 is 11.6 Å². The SMILES string of the molecule is CCc1ccc2c(c1)CC(N(C)C)=NC2c1ccccc1Cl. The minimum atomic E-state index is -0.0132. The van der Waals surface area contributed by atoms with Crippen molar-refractivity contribution in [2.24, 2.45) is 4.99 Å². The van der Waals surface area contributed by atoms with Gasteiger partial charge in [-0.15, -0.1) is 0 Å². The number of likely N-dealkylation sites (N-methyl/N-ethyl adjacent to an activating group) is 1. The summed E-state index contributed by atoms with van der Waals surface area (Å²) in [4.78, 5) is 7.07. The lowest BCUT2D eigenvalue weighted by molar-refractivity contribution is 0.591. The number of aryl methyl sites for hydroxylation is 1. The van der Waals surface area contributed by atoms with Crippen LogP contribution in [0.2, 0.25) is 5.02 Å². The Morgan fingerprint density at radius 1 is 1.14 bits per heavy atom. The first-order valence-electron chi connectivity index (χ1n) is 7.70. The summed E-state index contributed by atoms with van der Waals surface area (Å²) < 4.78 is 0. The summed E-state index contributed by atoms with van der Waals surface area (Å²) in [5, 5.41) is 0.779. The third kappa shape index (κ3) is 2.76. The molecular formula is C19H21ClN2. The van der Waals surface area contributed by atoms with Gasteiger partial charge in [-0.3, -0.25) is 4.99 Å². The van der Waals surface area contributed by atoms with E-state index in [0.29, 0.717) is 0 Å². The maximum atomic E-state index is 6.43. The quantitative estimate of drug-likeness (QED) is 0.796. The Bertz CT molecular complexity index is 719. The van der Waals surface area contributed by atoms with Crippen molar-refractivity contribution in [3.63, 3.8) is 0 Å². The number of halogens is 1. The number of rotatable bonds is 2. The van der Waals surface area contributed by atoms with Crippen LogP contribution in [0.25, 0.3) is 0 Å². The lowest BCUT2D eigenvalue weighted by atomic mass is 9.89. The molecule has 0 saturated heterocycles. The molecule has 0 amide bonds. The third-order valence-corrected chi connectivity index (χ3v) is 4.60. The van der Waals surface area contributed by atoms with Crippen molar-refractivity contribution in [3.05, 3.63) is 69.7 Å². The Kier molecular flexibility index (Phi) is 4.21. The van der Waals surface area contributed by atoms with Gasteiger partial charge < -0.3 is 4.90 Å². The first-order valence-corrected chi connectivity index (χ1v) is 8.08. The zero-order chi connectivity index (χ0) is 15.7. The number of amidine groups is 1. The molecule has 3 rings (SSSR count). The van der Waals surface area contributed by atoms with E-state index in [1.807, 2.05) is 18.2 Å². The van der Waals surface area contributed by atoms with E-state index in [2.05, 4.69) is 50.2 Å². The van der Waals surface area contributed by atoms with E-state index in [1.54, 1.807) is 0 Å². The second-order valence-electron chi connectivity index (χ2n) is 5.93. The molecule has 1 aliphatic heterocycles. The molecule has 0 saturated carbocycles. The molecule has 0 aromatic heterocycles. The lowest BCUT2D eigenvalue weighted by Crippen LogP contribution is -2.29. The van der Waals surface area contributed by atoms with Crippen molar-refractivity contribution in [2.75, 3.05) is 14.1 Å². The zero-order valence-corrected chi connectivity index (χ0v) is 14.1. The van der Waals surface area contributed by atoms with Gasteiger partial charge in [0.2, 0.25) is 0 Å². The summed E-state index contributed by atoms with van der Waals surface area (Å²) in [6.07, 6.45) is 1.94. The van der Waals surface area contributed by atoms with Gasteiger partial charge >= 0.3 is 0 Å². The topological polar surface area (TPSA) is 15.6 Å². The average Bonchev–Trinajstić information content (AvgIpc) is 2.53. The van der Waals surface area contributed by atoms with Gasteiger partial charge in [-0.2, -0.15) is 0 Å². The van der Waals surface area contributed by atoms with Gasteiger partial charge in [-0.25, -0.2) is 0 Å². The average molecular weight is 313 g/mol. The van der Waals surface area contributed by atoms with Crippen molar-refractivity contribution in [1.82, 2.24) is 4.90 Å². The van der Waals surface area contributed by atoms with E-state index in [1.165, 1.54) is 16.7 Å². The van der Waals surface area contributed by atoms with Crippen molar-refractivity contribution < 1.29 is 0 Å². The van der Waals surface area contributed by atoms with Gasteiger partial charge in [0.25, 0.3) is 0 Å². The molecule has 114 valence electrons. The highest BCUT2D eigenvalue weighted by Gasteiger charge is 2.25. The molecule has 1 unspecified atom stereocenters. The van der Waals surface area contributed by atoms with Gasteiger partial charge in [-0.1, -0.05) is 54.9 Å². The highest BCUT2D eigenvalue weighted by molar-refractivity contribution is 6.31. The number of hydrogen-bond acceptors (Lipinski definition) is 2. The van der Waals surface area contributed by atoms with Gasteiger partial charge in [0.1, 0.15) is 11.9 Å². The second kappa shape index (κ2) is 6.13. The summed E-state index contributed by atoms with van der Waals surface area (Å²) in [6, 6.07) is 14.7. The minimum Gasteiger partial charge on any atom is -0.366 e. The molecule has 0 fully saturated rings. The fourth-order valence-corrected chi connectivity index (χ4v) is 3.18. The summed E-state index contributed by atoms with van der Waals surface area (Å²) in [6.45, 7) is 2.19. The number of aliphatic imine (C=N–C) groups is 1. The highest BCUT2D eigenvalue weighted by Crippen LogP contribution is 2.36. The molecule has 1 atom stereocenters. The van der Waals surface area contributed by atoms with E-state index < -0.39 is 0 Å². The molecule has 0 N–H and O–H groups in total. The van der Waals surface area contributed by atoms with Crippen molar-refractivity contribution in [3.8, 4) is 0 Å². The summed E-state index contributed by atoms with van der Waals surface area (Å²) in [7, 11) is 4.11. The standard InChI is InChI=1S/C19H21ClN2/c1-4-13-9-10-15-14(11-13)12-18(22(2)3)21-19(15)16-7-5-6-8-17(16)20/h5-11,19H,4,12H2,1-3H3. The molecule has 0 radical (unpaired) electrons. The fraction of sp³-hybridized carbons (Fsp3) is 0.316.